The molecule has 1 rings (SSSR count). The predicted molar refractivity (Wildman–Crippen MR) is 122 cm³/mol. The highest BCUT2D eigenvalue weighted by molar-refractivity contribution is 7.80. The lowest BCUT2D eigenvalue weighted by Crippen LogP contribution is -2.58. The predicted octanol–water partition coefficient (Wildman–Crippen LogP) is -2.32. The number of nitrogens with one attached hydrogen (secondary N) is 3. The number of carboxylic acids is 3. The molecule has 4 unspecified atom stereocenters. The Hall–Kier alpha value is -3.85. The van der Waals surface area contributed by atoms with Crippen molar-refractivity contribution in [1.29, 1.82) is 0 Å². The summed E-state index contributed by atoms with van der Waals surface area (Å²) in [4.78, 5) is 71.0. The summed E-state index contributed by atoms with van der Waals surface area (Å²) in [6.45, 7) is 0. The summed E-state index contributed by atoms with van der Waals surface area (Å²) >= 11 is 3.91. The van der Waals surface area contributed by atoms with Gasteiger partial charge in [0.2, 0.25) is 17.7 Å². The number of carbonyl (C=O) groups is 6. The standard InChI is InChI=1S/C20H26N4O10S/c21-11(8-35)17(30)22-12(5-9-1-3-10(25)4-2-9)18(31)23-13(6-15(26)27)19(32)24-14(20(33)34)7-16(28)29/h1-4,11-14,25,35H,5-8,21H2,(H,22,30)(H,23,31)(H,24,32)(H,26,27)(H,28,29)(H,33,34). The zero-order valence-electron chi connectivity index (χ0n) is 18.2. The van der Waals surface area contributed by atoms with E-state index in [-0.39, 0.29) is 17.9 Å². The third-order valence-electron chi connectivity index (χ3n) is 4.55. The second kappa shape index (κ2) is 13.8. The van der Waals surface area contributed by atoms with Crippen LogP contribution in [0.2, 0.25) is 0 Å². The molecule has 4 atom stereocenters. The first-order chi connectivity index (χ1) is 16.3. The lowest BCUT2D eigenvalue weighted by atomic mass is 10.0. The maximum absolute atomic E-state index is 12.9. The molecule has 0 aliphatic rings. The maximum Gasteiger partial charge on any atom is 0.326 e. The number of hydrogen-bond donors (Lipinski definition) is 9. The number of phenolic OH excluding ortho intramolecular Hbond substituents is 1. The summed E-state index contributed by atoms with van der Waals surface area (Å²) in [6, 6.07) is -0.518. The van der Waals surface area contributed by atoms with Gasteiger partial charge in [0.15, 0.2) is 0 Å². The number of aromatic hydroxyl groups is 1. The highest BCUT2D eigenvalue weighted by Crippen LogP contribution is 2.12. The van der Waals surface area contributed by atoms with Gasteiger partial charge in [0.1, 0.15) is 23.9 Å². The molecular weight excluding hydrogens is 488 g/mol. The Labute approximate surface area is 204 Å². The van der Waals surface area contributed by atoms with Crippen LogP contribution in [-0.4, -0.2) is 86.0 Å². The first-order valence-electron chi connectivity index (χ1n) is 10.1. The largest absolute Gasteiger partial charge is 0.508 e. The number of carboxylic acid groups (broad SMARTS) is 3. The van der Waals surface area contributed by atoms with Crippen molar-refractivity contribution >= 4 is 48.3 Å². The second-order valence-corrected chi connectivity index (χ2v) is 7.74. The van der Waals surface area contributed by atoms with E-state index < -0.39 is 72.6 Å². The number of phenols is 1. The van der Waals surface area contributed by atoms with Gasteiger partial charge < -0.3 is 42.1 Å². The molecule has 0 saturated carbocycles. The number of hydrogen-bond acceptors (Lipinski definition) is 9. The van der Waals surface area contributed by atoms with E-state index in [4.69, 9.17) is 21.1 Å². The van der Waals surface area contributed by atoms with Gasteiger partial charge in [-0.3, -0.25) is 24.0 Å². The van der Waals surface area contributed by atoms with Crippen LogP contribution in [0.5, 0.6) is 5.75 Å². The molecule has 0 aliphatic heterocycles. The van der Waals surface area contributed by atoms with E-state index in [1.807, 2.05) is 5.32 Å². The van der Waals surface area contributed by atoms with Crippen LogP contribution in [0, 0.1) is 0 Å². The van der Waals surface area contributed by atoms with E-state index in [9.17, 15) is 33.9 Å². The molecule has 0 aliphatic carbocycles. The molecular formula is C20H26N4O10S. The Morgan fingerprint density at radius 3 is 1.71 bits per heavy atom. The SMILES string of the molecule is NC(CS)C(=O)NC(Cc1ccc(O)cc1)C(=O)NC(CC(=O)O)C(=O)NC(CC(=O)O)C(=O)O. The first kappa shape index (κ1) is 29.2. The number of nitrogens with two attached hydrogens (primary N) is 1. The summed E-state index contributed by atoms with van der Waals surface area (Å²) in [7, 11) is 0. The van der Waals surface area contributed by atoms with Gasteiger partial charge in [0, 0.05) is 12.2 Å². The monoisotopic (exact) mass is 514 g/mol. The zero-order valence-corrected chi connectivity index (χ0v) is 19.1. The normalized spacial score (nSPS) is 14.0. The highest BCUT2D eigenvalue weighted by Gasteiger charge is 2.32. The van der Waals surface area contributed by atoms with Crippen molar-refractivity contribution < 1.29 is 49.2 Å². The summed E-state index contributed by atoms with van der Waals surface area (Å²) in [5.74, 6) is -7.85. The Balaban J connectivity index is 3.13. The molecule has 0 saturated heterocycles. The van der Waals surface area contributed by atoms with E-state index in [0.29, 0.717) is 5.56 Å². The minimum absolute atomic E-state index is 0.0520. The molecule has 0 bridgehead atoms. The molecule has 0 aromatic heterocycles. The first-order valence-corrected chi connectivity index (χ1v) is 10.7. The van der Waals surface area contributed by atoms with Crippen LogP contribution >= 0.6 is 12.6 Å². The second-order valence-electron chi connectivity index (χ2n) is 7.38. The Morgan fingerprint density at radius 1 is 0.771 bits per heavy atom. The molecule has 15 heteroatoms. The summed E-state index contributed by atoms with van der Waals surface area (Å²) < 4.78 is 0. The summed E-state index contributed by atoms with van der Waals surface area (Å²) in [5, 5.41) is 42.9. The fourth-order valence-corrected chi connectivity index (χ4v) is 2.91. The van der Waals surface area contributed by atoms with Crippen LogP contribution in [0.1, 0.15) is 18.4 Å². The van der Waals surface area contributed by atoms with Gasteiger partial charge in [-0.2, -0.15) is 12.6 Å². The Bertz CT molecular complexity index is 956. The van der Waals surface area contributed by atoms with Crippen LogP contribution in [-0.2, 0) is 35.2 Å². The molecule has 1 aromatic carbocycles. The van der Waals surface area contributed by atoms with Crippen molar-refractivity contribution in [3.8, 4) is 5.75 Å². The van der Waals surface area contributed by atoms with Crippen molar-refractivity contribution in [2.45, 2.75) is 43.4 Å². The number of benzene rings is 1. The fraction of sp³-hybridized carbons (Fsp3) is 0.400. The summed E-state index contributed by atoms with van der Waals surface area (Å²) in [6.07, 6.45) is -2.10. The topological polar surface area (TPSA) is 245 Å². The summed E-state index contributed by atoms with van der Waals surface area (Å²) in [5.41, 5.74) is 6.10. The average molecular weight is 515 g/mol. The highest BCUT2D eigenvalue weighted by atomic mass is 32.1. The molecule has 35 heavy (non-hydrogen) atoms. The van der Waals surface area contributed by atoms with Gasteiger partial charge in [-0.1, -0.05) is 12.1 Å². The molecule has 0 radical (unpaired) electrons. The van der Waals surface area contributed by atoms with Gasteiger partial charge in [-0.05, 0) is 17.7 Å². The lowest BCUT2D eigenvalue weighted by molar-refractivity contribution is -0.148. The van der Waals surface area contributed by atoms with Gasteiger partial charge in [-0.15, -0.1) is 0 Å². The molecule has 1 aromatic rings. The van der Waals surface area contributed by atoms with Crippen molar-refractivity contribution in [2.75, 3.05) is 5.75 Å². The molecule has 192 valence electrons. The molecule has 0 heterocycles. The number of rotatable bonds is 14. The molecule has 14 nitrogen and oxygen atoms in total. The van der Waals surface area contributed by atoms with E-state index in [0.717, 1.165) is 0 Å². The maximum atomic E-state index is 12.9. The fourth-order valence-electron chi connectivity index (χ4n) is 2.74. The van der Waals surface area contributed by atoms with Crippen molar-refractivity contribution in [1.82, 2.24) is 16.0 Å². The van der Waals surface area contributed by atoms with Crippen LogP contribution < -0.4 is 21.7 Å². The minimum atomic E-state index is -1.88. The Kier molecular flexibility index (Phi) is 11.5. The number of carbonyl (C=O) groups excluding carboxylic acids is 3. The van der Waals surface area contributed by atoms with Gasteiger partial charge in [-0.25, -0.2) is 4.79 Å². The smallest absolute Gasteiger partial charge is 0.326 e. The van der Waals surface area contributed by atoms with E-state index >= 15 is 0 Å². The number of aliphatic carboxylic acids is 3. The zero-order chi connectivity index (χ0) is 26.7. The van der Waals surface area contributed by atoms with Gasteiger partial charge >= 0.3 is 17.9 Å². The molecule has 0 fully saturated rings. The number of amides is 3. The van der Waals surface area contributed by atoms with E-state index in [1.54, 1.807) is 0 Å². The lowest BCUT2D eigenvalue weighted by Gasteiger charge is -2.24. The third kappa shape index (κ3) is 10.3. The Morgan fingerprint density at radius 2 is 1.23 bits per heavy atom. The number of thiol groups is 1. The molecule has 0 spiro atoms. The van der Waals surface area contributed by atoms with Crippen molar-refractivity contribution in [3.05, 3.63) is 29.8 Å². The van der Waals surface area contributed by atoms with Crippen LogP contribution in [0.15, 0.2) is 24.3 Å². The quantitative estimate of drug-likeness (QED) is 0.119. The van der Waals surface area contributed by atoms with Gasteiger partial charge in [0.05, 0.1) is 18.9 Å². The van der Waals surface area contributed by atoms with Crippen LogP contribution in [0.4, 0.5) is 0 Å². The third-order valence-corrected chi connectivity index (χ3v) is 4.94. The molecule has 3 amide bonds. The molecule has 9 N–H and O–H groups in total. The minimum Gasteiger partial charge on any atom is -0.508 e. The average Bonchev–Trinajstić information content (AvgIpc) is 2.77. The van der Waals surface area contributed by atoms with Crippen LogP contribution in [0.3, 0.4) is 0 Å². The van der Waals surface area contributed by atoms with Gasteiger partial charge in [0.25, 0.3) is 0 Å². The van der Waals surface area contributed by atoms with E-state index in [1.165, 1.54) is 24.3 Å². The van der Waals surface area contributed by atoms with Crippen LogP contribution in [0.25, 0.3) is 0 Å². The van der Waals surface area contributed by atoms with Crippen molar-refractivity contribution in [2.24, 2.45) is 5.73 Å². The van der Waals surface area contributed by atoms with Crippen molar-refractivity contribution in [3.63, 3.8) is 0 Å². The van der Waals surface area contributed by atoms with E-state index in [2.05, 4.69) is 23.3 Å².